The Morgan fingerprint density at radius 1 is 1.54 bits per heavy atom. The summed E-state index contributed by atoms with van der Waals surface area (Å²) in [6, 6.07) is 5.15. The van der Waals surface area contributed by atoms with Crippen LogP contribution in [0.1, 0.15) is 24.8 Å². The molecule has 0 bridgehead atoms. The molecule has 1 aromatic carbocycles. The van der Waals surface area contributed by atoms with E-state index in [0.717, 1.165) is 16.5 Å². The first-order chi connectivity index (χ1) is 6.15. The van der Waals surface area contributed by atoms with Crippen LogP contribution in [0.15, 0.2) is 22.7 Å². The van der Waals surface area contributed by atoms with Crippen molar-refractivity contribution in [3.63, 3.8) is 0 Å². The monoisotopic (exact) mass is 245 g/mol. The molecule has 1 nitrogen and oxygen atoms in total. The Morgan fingerprint density at radius 2 is 2.23 bits per heavy atom. The lowest BCUT2D eigenvalue weighted by Crippen LogP contribution is -2.05. The highest BCUT2D eigenvalue weighted by atomic mass is 79.9. The zero-order valence-corrected chi connectivity index (χ0v) is 9.14. The number of nitrogens with two attached hydrogens (primary N) is 1. The average Bonchev–Trinajstić information content (AvgIpc) is 2.04. The summed E-state index contributed by atoms with van der Waals surface area (Å²) in [6.45, 7) is 2.58. The second-order valence-electron chi connectivity index (χ2n) is 3.14. The maximum absolute atomic E-state index is 13.4. The summed E-state index contributed by atoms with van der Waals surface area (Å²) < 4.78 is 14.1. The van der Waals surface area contributed by atoms with Crippen molar-refractivity contribution in [1.29, 1.82) is 0 Å². The standard InChI is InChI=1S/C10H13BrFN/c1-7(4-5-13)9-3-2-8(11)6-10(9)12/h2-3,6-7H,4-5,13H2,1H3. The van der Waals surface area contributed by atoms with Gasteiger partial charge >= 0.3 is 0 Å². The fourth-order valence-corrected chi connectivity index (χ4v) is 1.64. The number of hydrogen-bond acceptors (Lipinski definition) is 1. The van der Waals surface area contributed by atoms with Gasteiger partial charge in [0.2, 0.25) is 0 Å². The second kappa shape index (κ2) is 4.72. The number of hydrogen-bond donors (Lipinski definition) is 1. The van der Waals surface area contributed by atoms with Gasteiger partial charge in [0.1, 0.15) is 5.82 Å². The predicted octanol–water partition coefficient (Wildman–Crippen LogP) is 3.04. The summed E-state index contributed by atoms with van der Waals surface area (Å²) in [5, 5.41) is 0. The quantitative estimate of drug-likeness (QED) is 0.871. The van der Waals surface area contributed by atoms with E-state index in [1.54, 1.807) is 6.07 Å². The lowest BCUT2D eigenvalue weighted by molar-refractivity contribution is 0.576. The van der Waals surface area contributed by atoms with Gasteiger partial charge in [-0.2, -0.15) is 0 Å². The van der Waals surface area contributed by atoms with Crippen molar-refractivity contribution in [1.82, 2.24) is 0 Å². The highest BCUT2D eigenvalue weighted by Crippen LogP contribution is 2.24. The molecule has 0 heterocycles. The third-order valence-corrected chi connectivity index (χ3v) is 2.59. The normalized spacial score (nSPS) is 12.9. The zero-order chi connectivity index (χ0) is 9.84. The summed E-state index contributed by atoms with van der Waals surface area (Å²) in [5.41, 5.74) is 6.16. The van der Waals surface area contributed by atoms with E-state index in [0.29, 0.717) is 6.54 Å². The van der Waals surface area contributed by atoms with E-state index in [-0.39, 0.29) is 11.7 Å². The summed E-state index contributed by atoms with van der Waals surface area (Å²) in [7, 11) is 0. The van der Waals surface area contributed by atoms with E-state index in [1.165, 1.54) is 6.07 Å². The molecule has 0 aromatic heterocycles. The van der Waals surface area contributed by atoms with E-state index >= 15 is 0 Å². The molecule has 3 heteroatoms. The molecule has 2 N–H and O–H groups in total. The van der Waals surface area contributed by atoms with Crippen molar-refractivity contribution < 1.29 is 4.39 Å². The topological polar surface area (TPSA) is 26.0 Å². The molecule has 0 amide bonds. The van der Waals surface area contributed by atoms with Crippen LogP contribution in [0.25, 0.3) is 0 Å². The van der Waals surface area contributed by atoms with Crippen LogP contribution in [0.3, 0.4) is 0 Å². The predicted molar refractivity (Wildman–Crippen MR) is 56.2 cm³/mol. The highest BCUT2D eigenvalue weighted by molar-refractivity contribution is 9.10. The largest absolute Gasteiger partial charge is 0.330 e. The molecule has 1 atom stereocenters. The van der Waals surface area contributed by atoms with Crippen LogP contribution in [0.2, 0.25) is 0 Å². The SMILES string of the molecule is CC(CCN)c1ccc(Br)cc1F. The molecule has 0 aliphatic heterocycles. The number of rotatable bonds is 3. The first-order valence-corrected chi connectivity index (χ1v) is 5.09. The second-order valence-corrected chi connectivity index (χ2v) is 4.06. The molecule has 0 saturated heterocycles. The van der Waals surface area contributed by atoms with Crippen molar-refractivity contribution in [3.8, 4) is 0 Å². The Morgan fingerprint density at radius 3 is 2.77 bits per heavy atom. The van der Waals surface area contributed by atoms with Crippen molar-refractivity contribution in [2.75, 3.05) is 6.54 Å². The van der Waals surface area contributed by atoms with Crippen molar-refractivity contribution >= 4 is 15.9 Å². The van der Waals surface area contributed by atoms with Crippen molar-refractivity contribution in [3.05, 3.63) is 34.1 Å². The van der Waals surface area contributed by atoms with E-state index in [9.17, 15) is 4.39 Å². The van der Waals surface area contributed by atoms with Gasteiger partial charge in [0.25, 0.3) is 0 Å². The minimum Gasteiger partial charge on any atom is -0.330 e. The Kier molecular flexibility index (Phi) is 3.88. The molecule has 0 fully saturated rings. The van der Waals surface area contributed by atoms with Gasteiger partial charge in [-0.05, 0) is 36.6 Å². The first kappa shape index (κ1) is 10.7. The molecule has 1 rings (SSSR count). The maximum Gasteiger partial charge on any atom is 0.127 e. The van der Waals surface area contributed by atoms with Gasteiger partial charge < -0.3 is 5.73 Å². The maximum atomic E-state index is 13.4. The number of benzene rings is 1. The van der Waals surface area contributed by atoms with Crippen LogP contribution in [0.5, 0.6) is 0 Å². The minimum absolute atomic E-state index is 0.157. The fourth-order valence-electron chi connectivity index (χ4n) is 1.31. The first-order valence-electron chi connectivity index (χ1n) is 4.30. The van der Waals surface area contributed by atoms with E-state index in [2.05, 4.69) is 15.9 Å². The van der Waals surface area contributed by atoms with Crippen molar-refractivity contribution in [2.45, 2.75) is 19.3 Å². The fraction of sp³-hybridized carbons (Fsp3) is 0.400. The summed E-state index contributed by atoms with van der Waals surface area (Å²) in [4.78, 5) is 0. The van der Waals surface area contributed by atoms with E-state index < -0.39 is 0 Å². The van der Waals surface area contributed by atoms with Gasteiger partial charge in [-0.1, -0.05) is 28.9 Å². The summed E-state index contributed by atoms with van der Waals surface area (Å²) in [5.74, 6) is 0.0356. The molecule has 0 radical (unpaired) electrons. The molecule has 1 aromatic rings. The zero-order valence-electron chi connectivity index (χ0n) is 7.56. The van der Waals surface area contributed by atoms with Crippen LogP contribution in [-0.4, -0.2) is 6.54 Å². The molecule has 0 aliphatic rings. The van der Waals surface area contributed by atoms with Crippen LogP contribution in [0, 0.1) is 5.82 Å². The molecule has 0 aliphatic carbocycles. The average molecular weight is 246 g/mol. The van der Waals surface area contributed by atoms with E-state index in [1.807, 2.05) is 13.0 Å². The molecule has 0 saturated carbocycles. The molecule has 72 valence electrons. The highest BCUT2D eigenvalue weighted by Gasteiger charge is 2.09. The van der Waals surface area contributed by atoms with Crippen LogP contribution in [0.4, 0.5) is 4.39 Å². The molecular formula is C10H13BrFN. The van der Waals surface area contributed by atoms with Gasteiger partial charge in [-0.15, -0.1) is 0 Å². The van der Waals surface area contributed by atoms with Gasteiger partial charge in [0.05, 0.1) is 0 Å². The minimum atomic E-state index is -0.157. The van der Waals surface area contributed by atoms with Gasteiger partial charge in [0, 0.05) is 4.47 Å². The van der Waals surface area contributed by atoms with Crippen LogP contribution >= 0.6 is 15.9 Å². The molecule has 13 heavy (non-hydrogen) atoms. The van der Waals surface area contributed by atoms with E-state index in [4.69, 9.17) is 5.73 Å². The molecule has 1 unspecified atom stereocenters. The summed E-state index contributed by atoms with van der Waals surface area (Å²) >= 11 is 3.22. The third kappa shape index (κ3) is 2.78. The van der Waals surface area contributed by atoms with Crippen molar-refractivity contribution in [2.24, 2.45) is 5.73 Å². The smallest absolute Gasteiger partial charge is 0.127 e. The molecular weight excluding hydrogens is 233 g/mol. The van der Waals surface area contributed by atoms with Gasteiger partial charge in [-0.25, -0.2) is 4.39 Å². The number of halogens is 2. The lowest BCUT2D eigenvalue weighted by atomic mass is 9.97. The lowest BCUT2D eigenvalue weighted by Gasteiger charge is -2.11. The Hall–Kier alpha value is -0.410. The third-order valence-electron chi connectivity index (χ3n) is 2.09. The van der Waals surface area contributed by atoms with Crippen LogP contribution < -0.4 is 5.73 Å². The Bertz CT molecular complexity index is 288. The summed E-state index contributed by atoms with van der Waals surface area (Å²) in [6.07, 6.45) is 0.818. The Balaban J connectivity index is 2.88. The van der Waals surface area contributed by atoms with Gasteiger partial charge in [0.15, 0.2) is 0 Å². The van der Waals surface area contributed by atoms with Gasteiger partial charge in [-0.3, -0.25) is 0 Å². The molecule has 0 spiro atoms. The Labute approximate surface area is 86.3 Å². The van der Waals surface area contributed by atoms with Crippen LogP contribution in [-0.2, 0) is 0 Å².